The second kappa shape index (κ2) is 10.2. The van der Waals surface area contributed by atoms with E-state index in [1.165, 1.54) is 5.56 Å². The summed E-state index contributed by atoms with van der Waals surface area (Å²) in [6.07, 6.45) is 4.45. The molecular formula is C27H27N5O2S. The molecule has 0 spiro atoms. The Hall–Kier alpha value is -3.78. The Bertz CT molecular complexity index is 1320. The first kappa shape index (κ1) is 23.0. The third-order valence-corrected chi connectivity index (χ3v) is 7.27. The van der Waals surface area contributed by atoms with Crippen LogP contribution in [-0.4, -0.2) is 34.9 Å². The number of nitrogens with one attached hydrogen (secondary N) is 2. The summed E-state index contributed by atoms with van der Waals surface area (Å²) in [6, 6.07) is 18.7. The van der Waals surface area contributed by atoms with Gasteiger partial charge in [0, 0.05) is 36.2 Å². The van der Waals surface area contributed by atoms with Gasteiger partial charge in [0.1, 0.15) is 10.3 Å². The first-order valence-electron chi connectivity index (χ1n) is 11.9. The van der Waals surface area contributed by atoms with Gasteiger partial charge in [-0.15, -0.1) is 0 Å². The van der Waals surface area contributed by atoms with Crippen molar-refractivity contribution in [1.29, 1.82) is 0 Å². The van der Waals surface area contributed by atoms with Gasteiger partial charge in [0.05, 0.1) is 5.92 Å². The Morgan fingerprint density at radius 2 is 1.91 bits per heavy atom. The highest BCUT2D eigenvalue weighted by atomic mass is 32.1. The van der Waals surface area contributed by atoms with Crippen LogP contribution in [0.5, 0.6) is 0 Å². The largest absolute Gasteiger partial charge is 0.347 e. The summed E-state index contributed by atoms with van der Waals surface area (Å²) in [4.78, 5) is 37.8. The van der Waals surface area contributed by atoms with E-state index < -0.39 is 0 Å². The number of hydrogen-bond donors (Lipinski definition) is 2. The fourth-order valence-electron chi connectivity index (χ4n) is 4.28. The van der Waals surface area contributed by atoms with Gasteiger partial charge in [0.15, 0.2) is 5.13 Å². The number of aromatic nitrogens is 2. The first-order chi connectivity index (χ1) is 17.1. The maximum absolute atomic E-state index is 13.0. The summed E-state index contributed by atoms with van der Waals surface area (Å²) in [6.45, 7) is 3.59. The molecule has 2 aromatic heterocycles. The summed E-state index contributed by atoms with van der Waals surface area (Å²) >= 11 is 1.56. The van der Waals surface area contributed by atoms with Gasteiger partial charge in [-0.1, -0.05) is 30.4 Å². The molecule has 1 atom stereocenters. The predicted molar refractivity (Wildman–Crippen MR) is 141 cm³/mol. The van der Waals surface area contributed by atoms with E-state index in [1.54, 1.807) is 41.8 Å². The van der Waals surface area contributed by atoms with E-state index in [0.29, 0.717) is 17.8 Å². The Kier molecular flexibility index (Phi) is 6.72. The fourth-order valence-corrected chi connectivity index (χ4v) is 5.22. The van der Waals surface area contributed by atoms with Gasteiger partial charge in [0.25, 0.3) is 5.91 Å². The van der Waals surface area contributed by atoms with Gasteiger partial charge in [-0.3, -0.25) is 9.59 Å². The number of fused-ring (bicyclic) bond motifs is 1. The maximum Gasteiger partial charge on any atom is 0.255 e. The average Bonchev–Trinajstić information content (AvgIpc) is 3.34. The molecule has 5 rings (SSSR count). The molecule has 2 N–H and O–H groups in total. The molecule has 1 aliphatic heterocycles. The van der Waals surface area contributed by atoms with Crippen LogP contribution >= 0.6 is 11.3 Å². The van der Waals surface area contributed by atoms with Crippen molar-refractivity contribution < 1.29 is 9.59 Å². The molecule has 2 aromatic carbocycles. The lowest BCUT2D eigenvalue weighted by Gasteiger charge is -2.31. The molecule has 0 saturated carbocycles. The van der Waals surface area contributed by atoms with Crippen LogP contribution in [0.25, 0.3) is 10.3 Å². The number of pyridine rings is 1. The van der Waals surface area contributed by atoms with Crippen LogP contribution in [-0.2, 0) is 11.2 Å². The van der Waals surface area contributed by atoms with Crippen LogP contribution in [0, 0.1) is 5.92 Å². The molecule has 1 aliphatic rings. The van der Waals surface area contributed by atoms with Gasteiger partial charge >= 0.3 is 0 Å². The number of hydrogen-bond acceptors (Lipinski definition) is 6. The van der Waals surface area contributed by atoms with Crippen LogP contribution in [0.4, 0.5) is 16.5 Å². The molecule has 3 heterocycles. The Labute approximate surface area is 208 Å². The quantitative estimate of drug-likeness (QED) is 0.384. The SMILES string of the molecule is CCc1cccc(NC(=O)c2ccc(NC(=O)[C@@H]3CCCN(c4nc5cccnc5s4)C3)cc2)c1. The molecule has 0 radical (unpaired) electrons. The number of anilines is 3. The lowest BCUT2D eigenvalue weighted by atomic mass is 9.97. The monoisotopic (exact) mass is 485 g/mol. The molecule has 7 nitrogen and oxygen atoms in total. The standard InChI is InChI=1S/C27H27N5O2S/c1-2-18-6-3-8-22(16-18)30-24(33)19-10-12-21(13-11-19)29-25(34)20-7-5-15-32(17-20)27-31-23-9-4-14-28-26(23)35-27/h3-4,6,8-14,16,20H,2,5,7,15,17H2,1H3,(H,29,34)(H,30,33)/t20-/m1/s1. The predicted octanol–water partition coefficient (Wildman–Crippen LogP) is 5.36. The van der Waals surface area contributed by atoms with Crippen molar-refractivity contribution in [3.05, 3.63) is 78.0 Å². The molecule has 1 fully saturated rings. The van der Waals surface area contributed by atoms with E-state index in [1.807, 2.05) is 36.4 Å². The molecule has 2 amide bonds. The van der Waals surface area contributed by atoms with Crippen molar-refractivity contribution in [3.63, 3.8) is 0 Å². The van der Waals surface area contributed by atoms with E-state index in [9.17, 15) is 9.59 Å². The molecule has 4 aromatic rings. The number of benzene rings is 2. The third-order valence-electron chi connectivity index (χ3n) is 6.23. The minimum absolute atomic E-state index is 0.0116. The molecule has 178 valence electrons. The number of carbonyl (C=O) groups is 2. The van der Waals surface area contributed by atoms with Crippen molar-refractivity contribution in [1.82, 2.24) is 9.97 Å². The minimum Gasteiger partial charge on any atom is -0.347 e. The molecule has 35 heavy (non-hydrogen) atoms. The number of amides is 2. The third kappa shape index (κ3) is 5.33. The van der Waals surface area contributed by atoms with Crippen LogP contribution in [0.1, 0.15) is 35.7 Å². The van der Waals surface area contributed by atoms with Crippen molar-refractivity contribution in [2.75, 3.05) is 28.6 Å². The van der Waals surface area contributed by atoms with E-state index in [0.717, 1.165) is 47.0 Å². The number of thiazole rings is 1. The zero-order chi connectivity index (χ0) is 24.2. The molecule has 0 bridgehead atoms. The fraction of sp³-hybridized carbons (Fsp3) is 0.259. The average molecular weight is 486 g/mol. The van der Waals surface area contributed by atoms with Crippen molar-refractivity contribution >= 4 is 50.0 Å². The highest BCUT2D eigenvalue weighted by molar-refractivity contribution is 7.21. The summed E-state index contributed by atoms with van der Waals surface area (Å²) in [5.74, 6) is -0.315. The summed E-state index contributed by atoms with van der Waals surface area (Å²) < 4.78 is 0. The van der Waals surface area contributed by atoms with Gasteiger partial charge in [0.2, 0.25) is 5.91 Å². The molecule has 8 heteroatoms. The summed E-state index contributed by atoms with van der Waals surface area (Å²) in [5.41, 5.74) is 4.06. The lowest BCUT2D eigenvalue weighted by Crippen LogP contribution is -2.40. The lowest BCUT2D eigenvalue weighted by molar-refractivity contribution is -0.120. The maximum atomic E-state index is 13.0. The minimum atomic E-state index is -0.177. The highest BCUT2D eigenvalue weighted by Gasteiger charge is 2.27. The second-order valence-corrected chi connectivity index (χ2v) is 9.64. The number of rotatable bonds is 6. The highest BCUT2D eigenvalue weighted by Crippen LogP contribution is 2.30. The zero-order valence-corrected chi connectivity index (χ0v) is 20.3. The topological polar surface area (TPSA) is 87.2 Å². The van der Waals surface area contributed by atoms with Crippen LogP contribution in [0.2, 0.25) is 0 Å². The number of aryl methyl sites for hydroxylation is 1. The van der Waals surface area contributed by atoms with Crippen molar-refractivity contribution in [3.8, 4) is 0 Å². The Morgan fingerprint density at radius 1 is 1.06 bits per heavy atom. The van der Waals surface area contributed by atoms with E-state index in [4.69, 9.17) is 4.98 Å². The van der Waals surface area contributed by atoms with Gasteiger partial charge in [-0.2, -0.15) is 0 Å². The number of carbonyl (C=O) groups excluding carboxylic acids is 2. The molecule has 0 aliphatic carbocycles. The first-order valence-corrected chi connectivity index (χ1v) is 12.7. The smallest absolute Gasteiger partial charge is 0.255 e. The molecule has 1 saturated heterocycles. The number of piperidine rings is 1. The van der Waals surface area contributed by atoms with Gasteiger partial charge < -0.3 is 15.5 Å². The van der Waals surface area contributed by atoms with E-state index >= 15 is 0 Å². The van der Waals surface area contributed by atoms with E-state index in [-0.39, 0.29) is 17.7 Å². The zero-order valence-electron chi connectivity index (χ0n) is 19.5. The van der Waals surface area contributed by atoms with E-state index in [2.05, 4.69) is 27.4 Å². The summed E-state index contributed by atoms with van der Waals surface area (Å²) in [7, 11) is 0. The summed E-state index contributed by atoms with van der Waals surface area (Å²) in [5, 5.41) is 6.86. The van der Waals surface area contributed by atoms with Crippen LogP contribution in [0.3, 0.4) is 0 Å². The Morgan fingerprint density at radius 3 is 2.71 bits per heavy atom. The molecular weight excluding hydrogens is 458 g/mol. The second-order valence-electron chi connectivity index (χ2n) is 8.68. The van der Waals surface area contributed by atoms with Crippen LogP contribution in [0.15, 0.2) is 66.9 Å². The van der Waals surface area contributed by atoms with Crippen molar-refractivity contribution in [2.24, 2.45) is 5.92 Å². The van der Waals surface area contributed by atoms with Crippen LogP contribution < -0.4 is 15.5 Å². The normalized spacial score (nSPS) is 15.7. The Balaban J connectivity index is 1.19. The van der Waals surface area contributed by atoms with Gasteiger partial charge in [-0.25, -0.2) is 9.97 Å². The van der Waals surface area contributed by atoms with Gasteiger partial charge in [-0.05, 0) is 73.4 Å². The number of nitrogens with zero attached hydrogens (tertiary/aromatic N) is 3. The van der Waals surface area contributed by atoms with Crippen molar-refractivity contribution in [2.45, 2.75) is 26.2 Å². The molecule has 0 unspecified atom stereocenters.